The molecule has 0 aliphatic heterocycles. The van der Waals surface area contributed by atoms with Crippen molar-refractivity contribution in [2.45, 2.75) is 19.4 Å². The van der Waals surface area contributed by atoms with Crippen LogP contribution in [0.5, 0.6) is 0 Å². The maximum Gasteiger partial charge on any atom is 0.255 e. The average Bonchev–Trinajstić information content (AvgIpc) is 3.24. The van der Waals surface area contributed by atoms with Crippen LogP contribution in [0.3, 0.4) is 0 Å². The lowest BCUT2D eigenvalue weighted by molar-refractivity contribution is 0.0946. The number of benzene rings is 1. The van der Waals surface area contributed by atoms with Crippen LogP contribution in [0.1, 0.15) is 23.7 Å². The maximum atomic E-state index is 12.5. The first-order valence-corrected chi connectivity index (χ1v) is 8.68. The Morgan fingerprint density at radius 1 is 1.29 bits per heavy atom. The molecule has 0 aliphatic rings. The highest BCUT2D eigenvalue weighted by Crippen LogP contribution is 2.27. The Hall–Kier alpha value is -2.44. The van der Waals surface area contributed by atoms with Crippen molar-refractivity contribution in [1.29, 1.82) is 0 Å². The predicted molar refractivity (Wildman–Crippen MR) is 95.5 cm³/mol. The van der Waals surface area contributed by atoms with E-state index in [-0.39, 0.29) is 5.91 Å². The van der Waals surface area contributed by atoms with Crippen molar-refractivity contribution >= 4 is 17.2 Å². The van der Waals surface area contributed by atoms with Crippen molar-refractivity contribution in [1.82, 2.24) is 15.1 Å². The summed E-state index contributed by atoms with van der Waals surface area (Å²) in [6.45, 7) is 2.13. The van der Waals surface area contributed by atoms with E-state index in [0.29, 0.717) is 24.2 Å². The molecular weight excluding hydrogens is 322 g/mol. The summed E-state index contributed by atoms with van der Waals surface area (Å²) in [6, 6.07) is 13.6. The Labute approximate surface area is 144 Å². The molecule has 0 aliphatic carbocycles. The van der Waals surface area contributed by atoms with Crippen LogP contribution in [0, 0.1) is 0 Å². The van der Waals surface area contributed by atoms with Crippen LogP contribution < -0.4 is 5.32 Å². The molecule has 1 amide bonds. The van der Waals surface area contributed by atoms with Gasteiger partial charge in [-0.2, -0.15) is 5.10 Å². The lowest BCUT2D eigenvalue weighted by Gasteiger charge is -2.06. The summed E-state index contributed by atoms with van der Waals surface area (Å²) in [4.78, 5) is 13.5. The van der Waals surface area contributed by atoms with Gasteiger partial charge in [0.05, 0.1) is 22.2 Å². The second-order valence-corrected chi connectivity index (χ2v) is 6.49. The van der Waals surface area contributed by atoms with Crippen LogP contribution in [-0.2, 0) is 0 Å². The van der Waals surface area contributed by atoms with Gasteiger partial charge in [0.25, 0.3) is 5.91 Å². The van der Waals surface area contributed by atoms with Gasteiger partial charge < -0.3 is 10.4 Å². The topological polar surface area (TPSA) is 67.2 Å². The van der Waals surface area contributed by atoms with E-state index < -0.39 is 6.10 Å². The van der Waals surface area contributed by atoms with Gasteiger partial charge in [-0.3, -0.25) is 4.79 Å². The third-order valence-electron chi connectivity index (χ3n) is 3.58. The number of nitrogens with zero attached hydrogens (tertiary/aromatic N) is 2. The standard InChI is InChI=1S/C18H19N3O2S/c1-13(22)9-10-19-18(23)15-12-21(14-6-3-2-4-7-14)20-17(15)16-8-5-11-24-16/h2-8,11-13,22H,9-10H2,1H3,(H,19,23). The molecule has 0 saturated carbocycles. The number of hydrogen-bond acceptors (Lipinski definition) is 4. The molecule has 0 bridgehead atoms. The molecule has 3 rings (SSSR count). The maximum absolute atomic E-state index is 12.5. The SMILES string of the molecule is CC(O)CCNC(=O)c1cn(-c2ccccc2)nc1-c1cccs1. The number of aliphatic hydroxyl groups excluding tert-OH is 1. The first-order valence-electron chi connectivity index (χ1n) is 7.80. The summed E-state index contributed by atoms with van der Waals surface area (Å²) in [7, 11) is 0. The van der Waals surface area contributed by atoms with E-state index in [1.807, 2.05) is 47.8 Å². The molecule has 0 saturated heterocycles. The minimum Gasteiger partial charge on any atom is -0.393 e. The Morgan fingerprint density at radius 2 is 2.08 bits per heavy atom. The lowest BCUT2D eigenvalue weighted by Crippen LogP contribution is -2.26. The fourth-order valence-corrected chi connectivity index (χ4v) is 3.06. The molecule has 1 aromatic carbocycles. The molecular formula is C18H19N3O2S. The molecule has 0 fully saturated rings. The van der Waals surface area contributed by atoms with Gasteiger partial charge in [0.15, 0.2) is 0 Å². The van der Waals surface area contributed by atoms with Gasteiger partial charge in [-0.05, 0) is 36.9 Å². The van der Waals surface area contributed by atoms with Gasteiger partial charge >= 0.3 is 0 Å². The van der Waals surface area contributed by atoms with E-state index in [4.69, 9.17) is 0 Å². The van der Waals surface area contributed by atoms with Gasteiger partial charge in [0.1, 0.15) is 5.69 Å². The molecule has 124 valence electrons. The van der Waals surface area contributed by atoms with E-state index in [1.165, 1.54) is 0 Å². The monoisotopic (exact) mass is 341 g/mol. The number of thiophene rings is 1. The summed E-state index contributed by atoms with van der Waals surface area (Å²) in [5.74, 6) is -0.179. The van der Waals surface area contributed by atoms with E-state index in [1.54, 1.807) is 29.1 Å². The number of hydrogen-bond donors (Lipinski definition) is 2. The second-order valence-electron chi connectivity index (χ2n) is 5.54. The normalized spacial score (nSPS) is 12.1. The van der Waals surface area contributed by atoms with E-state index in [9.17, 15) is 9.90 Å². The van der Waals surface area contributed by atoms with E-state index >= 15 is 0 Å². The fourth-order valence-electron chi connectivity index (χ4n) is 2.34. The van der Waals surface area contributed by atoms with Crippen LogP contribution in [0.4, 0.5) is 0 Å². The predicted octanol–water partition coefficient (Wildman–Crippen LogP) is 3.10. The van der Waals surface area contributed by atoms with Gasteiger partial charge in [-0.25, -0.2) is 4.68 Å². The zero-order valence-corrected chi connectivity index (χ0v) is 14.2. The molecule has 1 unspecified atom stereocenters. The number of carbonyl (C=O) groups excluding carboxylic acids is 1. The van der Waals surface area contributed by atoms with Crippen LogP contribution >= 0.6 is 11.3 Å². The first kappa shape index (κ1) is 16.4. The van der Waals surface area contributed by atoms with Crippen LogP contribution in [-0.4, -0.2) is 33.4 Å². The minimum absolute atomic E-state index is 0.179. The third kappa shape index (κ3) is 3.72. The van der Waals surface area contributed by atoms with Gasteiger partial charge in [-0.15, -0.1) is 11.3 Å². The number of aromatic nitrogens is 2. The summed E-state index contributed by atoms with van der Waals surface area (Å²) < 4.78 is 1.72. The molecule has 5 nitrogen and oxygen atoms in total. The fraction of sp³-hybridized carbons (Fsp3) is 0.222. The highest BCUT2D eigenvalue weighted by Gasteiger charge is 2.19. The summed E-state index contributed by atoms with van der Waals surface area (Å²) in [5.41, 5.74) is 2.11. The Kier molecular flexibility index (Phi) is 5.08. The smallest absolute Gasteiger partial charge is 0.255 e. The number of para-hydroxylation sites is 1. The highest BCUT2D eigenvalue weighted by atomic mass is 32.1. The molecule has 6 heteroatoms. The molecule has 2 heterocycles. The largest absolute Gasteiger partial charge is 0.393 e. The minimum atomic E-state index is -0.436. The zero-order valence-electron chi connectivity index (χ0n) is 13.3. The summed E-state index contributed by atoms with van der Waals surface area (Å²) in [6.07, 6.45) is 1.84. The highest BCUT2D eigenvalue weighted by molar-refractivity contribution is 7.13. The second kappa shape index (κ2) is 7.42. The Balaban J connectivity index is 1.92. The summed E-state index contributed by atoms with van der Waals surface area (Å²) in [5, 5.41) is 18.7. The van der Waals surface area contributed by atoms with Crippen molar-refractivity contribution in [3.05, 3.63) is 59.6 Å². The molecule has 1 atom stereocenters. The van der Waals surface area contributed by atoms with Gasteiger partial charge in [-0.1, -0.05) is 24.3 Å². The average molecular weight is 341 g/mol. The van der Waals surface area contributed by atoms with Crippen molar-refractivity contribution in [3.8, 4) is 16.3 Å². The summed E-state index contributed by atoms with van der Waals surface area (Å²) >= 11 is 1.55. The molecule has 2 N–H and O–H groups in total. The molecule has 0 spiro atoms. The Morgan fingerprint density at radius 3 is 2.75 bits per heavy atom. The first-order chi connectivity index (χ1) is 11.6. The van der Waals surface area contributed by atoms with Gasteiger partial charge in [0.2, 0.25) is 0 Å². The van der Waals surface area contributed by atoms with Gasteiger partial charge in [0, 0.05) is 12.7 Å². The number of aliphatic hydroxyl groups is 1. The number of amides is 1. The van der Waals surface area contributed by atoms with E-state index in [2.05, 4.69) is 10.4 Å². The molecule has 24 heavy (non-hydrogen) atoms. The Bertz CT molecular complexity index is 795. The lowest BCUT2D eigenvalue weighted by atomic mass is 10.2. The van der Waals surface area contributed by atoms with Crippen LogP contribution in [0.2, 0.25) is 0 Å². The zero-order chi connectivity index (χ0) is 16.9. The third-order valence-corrected chi connectivity index (χ3v) is 4.46. The molecule has 2 aromatic heterocycles. The quantitative estimate of drug-likeness (QED) is 0.724. The van der Waals surface area contributed by atoms with E-state index in [0.717, 1.165) is 10.6 Å². The van der Waals surface area contributed by atoms with Crippen molar-refractivity contribution in [2.75, 3.05) is 6.54 Å². The van der Waals surface area contributed by atoms with Crippen LogP contribution in [0.15, 0.2) is 54.0 Å². The number of carbonyl (C=O) groups is 1. The number of rotatable bonds is 6. The number of nitrogens with one attached hydrogen (secondary N) is 1. The van der Waals surface area contributed by atoms with Crippen LogP contribution in [0.25, 0.3) is 16.3 Å². The molecule has 0 radical (unpaired) electrons. The van der Waals surface area contributed by atoms with Crippen molar-refractivity contribution in [3.63, 3.8) is 0 Å². The van der Waals surface area contributed by atoms with Crippen molar-refractivity contribution < 1.29 is 9.90 Å². The molecule has 3 aromatic rings. The van der Waals surface area contributed by atoms with Crippen molar-refractivity contribution in [2.24, 2.45) is 0 Å².